The van der Waals surface area contributed by atoms with Crippen LogP contribution in [-0.4, -0.2) is 23.5 Å². The van der Waals surface area contributed by atoms with Gasteiger partial charge in [-0.2, -0.15) is 0 Å². The van der Waals surface area contributed by atoms with Crippen LogP contribution in [0.3, 0.4) is 0 Å². The number of benzene rings is 1. The predicted molar refractivity (Wildman–Crippen MR) is 60.2 cm³/mol. The third-order valence-corrected chi connectivity index (χ3v) is 2.29. The fraction of sp³-hybridized carbons (Fsp3) is 0.333. The van der Waals surface area contributed by atoms with Crippen LogP contribution in [0.4, 0.5) is 8.78 Å². The highest BCUT2D eigenvalue weighted by Gasteiger charge is 2.16. The van der Waals surface area contributed by atoms with Gasteiger partial charge < -0.3 is 10.4 Å². The summed E-state index contributed by atoms with van der Waals surface area (Å²) in [5.41, 5.74) is -0.615. The molecule has 0 heterocycles. The number of carbonyl (C=O) groups excluding carboxylic acids is 1. The van der Waals surface area contributed by atoms with Crippen molar-refractivity contribution < 1.29 is 23.5 Å². The number of halogens is 2. The first kappa shape index (κ1) is 14.1. The van der Waals surface area contributed by atoms with Crippen molar-refractivity contribution in [2.75, 3.05) is 6.54 Å². The molecular formula is C12H13F2NO3. The van der Waals surface area contributed by atoms with Crippen molar-refractivity contribution in [1.29, 1.82) is 0 Å². The molecule has 0 saturated carbocycles. The van der Waals surface area contributed by atoms with E-state index in [0.717, 1.165) is 12.1 Å². The number of rotatable bonds is 6. The average molecular weight is 257 g/mol. The zero-order valence-electron chi connectivity index (χ0n) is 9.58. The molecule has 0 bridgehead atoms. The van der Waals surface area contributed by atoms with Crippen molar-refractivity contribution in [2.45, 2.75) is 19.3 Å². The number of carboxylic acid groups (broad SMARTS) is 1. The number of nitrogens with one attached hydrogen (secondary N) is 1. The number of unbranched alkanes of at least 4 members (excludes halogenated alkanes) is 1. The Morgan fingerprint density at radius 3 is 2.33 bits per heavy atom. The van der Waals surface area contributed by atoms with Gasteiger partial charge in [-0.1, -0.05) is 6.07 Å². The van der Waals surface area contributed by atoms with Crippen LogP contribution in [0.5, 0.6) is 0 Å². The fourth-order valence-corrected chi connectivity index (χ4v) is 1.41. The highest BCUT2D eigenvalue weighted by atomic mass is 19.1. The second kappa shape index (κ2) is 6.68. The van der Waals surface area contributed by atoms with Crippen LogP contribution < -0.4 is 5.32 Å². The molecule has 0 fully saturated rings. The Hall–Kier alpha value is -1.98. The Morgan fingerprint density at radius 1 is 1.17 bits per heavy atom. The van der Waals surface area contributed by atoms with Gasteiger partial charge in [-0.15, -0.1) is 0 Å². The molecule has 2 N–H and O–H groups in total. The lowest BCUT2D eigenvalue weighted by Gasteiger charge is -2.06. The van der Waals surface area contributed by atoms with Crippen LogP contribution >= 0.6 is 0 Å². The molecule has 0 saturated heterocycles. The van der Waals surface area contributed by atoms with Gasteiger partial charge in [0.15, 0.2) is 0 Å². The molecular weight excluding hydrogens is 244 g/mol. The first-order valence-corrected chi connectivity index (χ1v) is 5.46. The minimum absolute atomic E-state index is 0.00390. The first-order chi connectivity index (χ1) is 8.52. The molecule has 1 aromatic rings. The molecule has 0 aliphatic rings. The first-order valence-electron chi connectivity index (χ1n) is 5.46. The molecule has 18 heavy (non-hydrogen) atoms. The van der Waals surface area contributed by atoms with Crippen molar-refractivity contribution >= 4 is 11.9 Å². The smallest absolute Gasteiger partial charge is 0.303 e. The summed E-state index contributed by atoms with van der Waals surface area (Å²) in [6.07, 6.45) is 0.841. The molecule has 98 valence electrons. The van der Waals surface area contributed by atoms with Crippen LogP contribution in [0.25, 0.3) is 0 Å². The lowest BCUT2D eigenvalue weighted by Crippen LogP contribution is -2.26. The highest BCUT2D eigenvalue weighted by Crippen LogP contribution is 2.11. The van der Waals surface area contributed by atoms with Gasteiger partial charge >= 0.3 is 5.97 Å². The van der Waals surface area contributed by atoms with Crippen molar-refractivity contribution in [2.24, 2.45) is 0 Å². The second-order valence-electron chi connectivity index (χ2n) is 3.70. The summed E-state index contributed by atoms with van der Waals surface area (Å²) < 4.78 is 26.4. The molecule has 0 unspecified atom stereocenters. The second-order valence-corrected chi connectivity index (χ2v) is 3.70. The van der Waals surface area contributed by atoms with E-state index >= 15 is 0 Å². The molecule has 1 amide bonds. The molecule has 1 aromatic carbocycles. The van der Waals surface area contributed by atoms with E-state index < -0.39 is 29.1 Å². The quantitative estimate of drug-likeness (QED) is 0.765. The van der Waals surface area contributed by atoms with Crippen molar-refractivity contribution in [3.05, 3.63) is 35.4 Å². The SMILES string of the molecule is O=C(O)CCCCNC(=O)c1c(F)cccc1F. The Balaban J connectivity index is 2.44. The summed E-state index contributed by atoms with van der Waals surface area (Å²) in [5, 5.41) is 10.7. The normalized spacial score (nSPS) is 10.1. The van der Waals surface area contributed by atoms with Crippen LogP contribution in [0.15, 0.2) is 18.2 Å². The molecule has 6 heteroatoms. The number of carbonyl (C=O) groups is 2. The number of carboxylic acids is 1. The van der Waals surface area contributed by atoms with Gasteiger partial charge in [0.2, 0.25) is 0 Å². The lowest BCUT2D eigenvalue weighted by molar-refractivity contribution is -0.137. The Bertz CT molecular complexity index is 429. The van der Waals surface area contributed by atoms with Gasteiger partial charge in [0.05, 0.1) is 0 Å². The Labute approximate surface area is 103 Å². The van der Waals surface area contributed by atoms with Crippen LogP contribution in [0, 0.1) is 11.6 Å². The minimum atomic E-state index is -0.918. The van der Waals surface area contributed by atoms with Gasteiger partial charge in [-0.3, -0.25) is 9.59 Å². The van der Waals surface area contributed by atoms with Gasteiger partial charge in [0, 0.05) is 13.0 Å². The highest BCUT2D eigenvalue weighted by molar-refractivity contribution is 5.94. The van der Waals surface area contributed by atoms with E-state index in [4.69, 9.17) is 5.11 Å². The van der Waals surface area contributed by atoms with Gasteiger partial charge in [0.1, 0.15) is 17.2 Å². The van der Waals surface area contributed by atoms with E-state index in [1.807, 2.05) is 0 Å². The monoisotopic (exact) mass is 257 g/mol. The summed E-state index contributed by atoms with van der Waals surface area (Å²) in [6, 6.07) is 3.18. The largest absolute Gasteiger partial charge is 0.481 e. The van der Waals surface area contributed by atoms with Crippen molar-refractivity contribution in [3.8, 4) is 0 Å². The molecule has 0 spiro atoms. The van der Waals surface area contributed by atoms with E-state index in [1.54, 1.807) is 0 Å². The third-order valence-electron chi connectivity index (χ3n) is 2.29. The predicted octanol–water partition coefficient (Wildman–Crippen LogP) is 1.95. The van der Waals surface area contributed by atoms with Crippen molar-refractivity contribution in [1.82, 2.24) is 5.32 Å². The molecule has 0 atom stereocenters. The fourth-order valence-electron chi connectivity index (χ4n) is 1.41. The van der Waals surface area contributed by atoms with E-state index in [-0.39, 0.29) is 13.0 Å². The summed E-state index contributed by atoms with van der Waals surface area (Å²) in [4.78, 5) is 21.7. The molecule has 1 rings (SSSR count). The van der Waals surface area contributed by atoms with Crippen LogP contribution in [0.2, 0.25) is 0 Å². The zero-order chi connectivity index (χ0) is 13.5. The van der Waals surface area contributed by atoms with Gasteiger partial charge in [0.25, 0.3) is 5.91 Å². The number of hydrogen-bond acceptors (Lipinski definition) is 2. The number of amides is 1. The number of hydrogen-bond donors (Lipinski definition) is 2. The van der Waals surface area contributed by atoms with Crippen LogP contribution in [-0.2, 0) is 4.79 Å². The lowest BCUT2D eigenvalue weighted by atomic mass is 10.1. The summed E-state index contributed by atoms with van der Waals surface area (Å²) in [6.45, 7) is 0.180. The summed E-state index contributed by atoms with van der Waals surface area (Å²) in [7, 11) is 0. The molecule has 0 radical (unpaired) electrons. The Kier molecular flexibility index (Phi) is 5.23. The van der Waals surface area contributed by atoms with Gasteiger partial charge in [-0.25, -0.2) is 8.78 Å². The van der Waals surface area contributed by atoms with E-state index in [2.05, 4.69) is 5.32 Å². The molecule has 0 aromatic heterocycles. The molecule has 0 aliphatic heterocycles. The van der Waals surface area contributed by atoms with Crippen molar-refractivity contribution in [3.63, 3.8) is 0 Å². The molecule has 4 nitrogen and oxygen atoms in total. The maximum Gasteiger partial charge on any atom is 0.303 e. The maximum absolute atomic E-state index is 13.2. The van der Waals surface area contributed by atoms with E-state index in [9.17, 15) is 18.4 Å². The summed E-state index contributed by atoms with van der Waals surface area (Å²) >= 11 is 0. The molecule has 0 aliphatic carbocycles. The minimum Gasteiger partial charge on any atom is -0.481 e. The standard InChI is InChI=1S/C12H13F2NO3/c13-8-4-3-5-9(14)11(8)12(18)15-7-2-1-6-10(16)17/h3-5H,1-2,6-7H2,(H,15,18)(H,16,17). The van der Waals surface area contributed by atoms with E-state index in [1.165, 1.54) is 6.07 Å². The third kappa shape index (κ3) is 4.12. The van der Waals surface area contributed by atoms with E-state index in [0.29, 0.717) is 12.8 Å². The average Bonchev–Trinajstić information content (AvgIpc) is 2.27. The Morgan fingerprint density at radius 2 is 1.78 bits per heavy atom. The number of aliphatic carboxylic acids is 1. The van der Waals surface area contributed by atoms with Crippen LogP contribution in [0.1, 0.15) is 29.6 Å². The summed E-state index contributed by atoms with van der Waals surface area (Å²) in [5.74, 6) is -3.58. The maximum atomic E-state index is 13.2. The van der Waals surface area contributed by atoms with Gasteiger partial charge in [-0.05, 0) is 25.0 Å². The topological polar surface area (TPSA) is 66.4 Å². The zero-order valence-corrected chi connectivity index (χ0v) is 9.58.